The highest BCUT2D eigenvalue weighted by molar-refractivity contribution is 7.91. The van der Waals surface area contributed by atoms with Crippen LogP contribution in [0.1, 0.15) is 23.1 Å². The van der Waals surface area contributed by atoms with Crippen LogP contribution in [0.15, 0.2) is 47.4 Å². The van der Waals surface area contributed by atoms with Crippen LogP contribution in [0.25, 0.3) is 0 Å². The van der Waals surface area contributed by atoms with Gasteiger partial charge < -0.3 is 5.32 Å². The van der Waals surface area contributed by atoms with Crippen LogP contribution in [-0.4, -0.2) is 25.2 Å². The molecular formula is C19H23N3O3S2. The van der Waals surface area contributed by atoms with Gasteiger partial charge in [0, 0.05) is 12.1 Å². The summed E-state index contributed by atoms with van der Waals surface area (Å²) < 4.78 is 24.5. The van der Waals surface area contributed by atoms with E-state index in [1.165, 1.54) is 0 Å². The summed E-state index contributed by atoms with van der Waals surface area (Å²) in [6.45, 7) is 5.83. The molecule has 27 heavy (non-hydrogen) atoms. The lowest BCUT2D eigenvalue weighted by Gasteiger charge is -2.13. The van der Waals surface area contributed by atoms with E-state index in [9.17, 15) is 13.2 Å². The van der Waals surface area contributed by atoms with Gasteiger partial charge >= 0.3 is 0 Å². The van der Waals surface area contributed by atoms with Gasteiger partial charge in [0.2, 0.25) is 5.91 Å². The zero-order valence-electron chi connectivity index (χ0n) is 15.5. The van der Waals surface area contributed by atoms with E-state index in [4.69, 9.17) is 12.2 Å². The minimum absolute atomic E-state index is 0.171. The predicted octanol–water partition coefficient (Wildman–Crippen LogP) is 2.79. The second kappa shape index (κ2) is 8.96. The van der Waals surface area contributed by atoms with E-state index < -0.39 is 15.7 Å². The predicted molar refractivity (Wildman–Crippen MR) is 111 cm³/mol. The largest absolute Gasteiger partial charge is 0.331 e. The number of hydrazine groups is 1. The number of amides is 1. The third-order valence-corrected chi connectivity index (χ3v) is 5.86. The van der Waals surface area contributed by atoms with Crippen molar-refractivity contribution >= 4 is 38.8 Å². The number of hydrogen-bond acceptors (Lipinski definition) is 4. The maximum absolute atomic E-state index is 12.3. The fraction of sp³-hybridized carbons (Fsp3) is 0.263. The number of nitrogens with one attached hydrogen (secondary N) is 3. The molecule has 2 aromatic carbocycles. The summed E-state index contributed by atoms with van der Waals surface area (Å²) in [7, 11) is -3.51. The van der Waals surface area contributed by atoms with Crippen molar-refractivity contribution in [2.75, 3.05) is 11.1 Å². The number of hydrogen-bond donors (Lipinski definition) is 3. The Bertz CT molecular complexity index is 939. The summed E-state index contributed by atoms with van der Waals surface area (Å²) in [5, 5.41) is 3.20. The number of sulfone groups is 1. The average molecular weight is 406 g/mol. The molecule has 0 saturated carbocycles. The van der Waals surface area contributed by atoms with Gasteiger partial charge in [-0.3, -0.25) is 15.6 Å². The first-order chi connectivity index (χ1) is 12.7. The Kier molecular flexibility index (Phi) is 6.92. The summed E-state index contributed by atoms with van der Waals surface area (Å²) in [4.78, 5) is 12.1. The maximum atomic E-state index is 12.3. The third kappa shape index (κ3) is 6.33. The molecule has 0 spiro atoms. The van der Waals surface area contributed by atoms with Crippen molar-refractivity contribution in [1.82, 2.24) is 10.9 Å². The number of aryl methyl sites for hydroxylation is 3. The fourth-order valence-electron chi connectivity index (χ4n) is 2.39. The Balaban J connectivity index is 1.81. The van der Waals surface area contributed by atoms with Crippen molar-refractivity contribution < 1.29 is 13.2 Å². The van der Waals surface area contributed by atoms with Crippen molar-refractivity contribution in [3.8, 4) is 0 Å². The molecule has 0 fully saturated rings. The van der Waals surface area contributed by atoms with Crippen LogP contribution in [0, 0.1) is 20.8 Å². The molecule has 0 aliphatic rings. The Labute approximate surface area is 165 Å². The molecule has 6 nitrogen and oxygen atoms in total. The van der Waals surface area contributed by atoms with E-state index in [0.29, 0.717) is 0 Å². The van der Waals surface area contributed by atoms with Gasteiger partial charge in [-0.25, -0.2) is 8.42 Å². The second-order valence-corrected chi connectivity index (χ2v) is 8.84. The highest BCUT2D eigenvalue weighted by atomic mass is 32.2. The van der Waals surface area contributed by atoms with Crippen LogP contribution >= 0.6 is 12.2 Å². The summed E-state index contributed by atoms with van der Waals surface area (Å²) in [5.74, 6) is -0.739. The molecule has 0 aromatic heterocycles. The first-order valence-corrected chi connectivity index (χ1v) is 10.5. The minimum Gasteiger partial charge on any atom is -0.331 e. The maximum Gasteiger partial charge on any atom is 0.239 e. The molecule has 3 N–H and O–H groups in total. The summed E-state index contributed by atoms with van der Waals surface area (Å²) in [6.07, 6.45) is -0.171. The van der Waals surface area contributed by atoms with E-state index in [1.54, 1.807) is 24.3 Å². The topological polar surface area (TPSA) is 87.3 Å². The standard InChI is InChI=1S/C19H23N3O3S2/c1-13-4-7-16(8-5-13)27(24,25)11-10-18(23)21-22-19(26)20-17-9-6-14(2)12-15(17)3/h4-9,12H,10-11H2,1-3H3,(H,21,23)(H2,20,22,26). The molecule has 0 radical (unpaired) electrons. The molecule has 0 heterocycles. The molecule has 0 aliphatic heterocycles. The number of rotatable bonds is 5. The second-order valence-electron chi connectivity index (χ2n) is 6.33. The van der Waals surface area contributed by atoms with Crippen LogP contribution in [0.4, 0.5) is 5.69 Å². The molecule has 0 aliphatic carbocycles. The van der Waals surface area contributed by atoms with Crippen molar-refractivity contribution in [1.29, 1.82) is 0 Å². The zero-order chi connectivity index (χ0) is 20.0. The van der Waals surface area contributed by atoms with Crippen molar-refractivity contribution in [3.05, 3.63) is 59.2 Å². The molecule has 2 rings (SSSR count). The smallest absolute Gasteiger partial charge is 0.239 e. The van der Waals surface area contributed by atoms with E-state index in [1.807, 2.05) is 39.0 Å². The van der Waals surface area contributed by atoms with Gasteiger partial charge in [0.15, 0.2) is 14.9 Å². The van der Waals surface area contributed by atoms with Crippen molar-refractivity contribution in [2.45, 2.75) is 32.1 Å². The molecule has 2 aromatic rings. The van der Waals surface area contributed by atoms with E-state index in [0.717, 1.165) is 22.4 Å². The molecule has 0 bridgehead atoms. The van der Waals surface area contributed by atoms with Gasteiger partial charge in [-0.1, -0.05) is 35.4 Å². The fourth-order valence-corrected chi connectivity index (χ4v) is 3.79. The Morgan fingerprint density at radius 3 is 2.22 bits per heavy atom. The van der Waals surface area contributed by atoms with Gasteiger partial charge in [0.05, 0.1) is 10.6 Å². The number of carbonyl (C=O) groups excluding carboxylic acids is 1. The summed E-state index contributed by atoms with van der Waals surface area (Å²) in [6, 6.07) is 12.4. The van der Waals surface area contributed by atoms with E-state index >= 15 is 0 Å². The number of benzene rings is 2. The first kappa shape index (κ1) is 20.9. The number of anilines is 1. The third-order valence-electron chi connectivity index (χ3n) is 3.92. The monoisotopic (exact) mass is 405 g/mol. The average Bonchev–Trinajstić information content (AvgIpc) is 2.61. The molecule has 144 valence electrons. The molecule has 0 saturated heterocycles. The van der Waals surface area contributed by atoms with Gasteiger partial charge in [0.25, 0.3) is 0 Å². The van der Waals surface area contributed by atoms with E-state index in [2.05, 4.69) is 16.2 Å². The molecule has 0 unspecified atom stereocenters. The lowest BCUT2D eigenvalue weighted by atomic mass is 10.1. The molecule has 8 heteroatoms. The molecular weight excluding hydrogens is 382 g/mol. The number of thiocarbonyl (C=S) groups is 1. The SMILES string of the molecule is Cc1ccc(S(=O)(=O)CCC(=O)NNC(=S)Nc2ccc(C)cc2C)cc1. The van der Waals surface area contributed by atoms with Crippen molar-refractivity contribution in [2.24, 2.45) is 0 Å². The molecule has 0 atom stereocenters. The lowest BCUT2D eigenvalue weighted by molar-refractivity contribution is -0.121. The van der Waals surface area contributed by atoms with Crippen LogP contribution in [0.2, 0.25) is 0 Å². The lowest BCUT2D eigenvalue weighted by Crippen LogP contribution is -2.44. The van der Waals surface area contributed by atoms with Crippen LogP contribution in [-0.2, 0) is 14.6 Å². The van der Waals surface area contributed by atoms with E-state index in [-0.39, 0.29) is 22.2 Å². The zero-order valence-corrected chi connectivity index (χ0v) is 17.1. The highest BCUT2D eigenvalue weighted by Crippen LogP contribution is 2.16. The normalized spacial score (nSPS) is 10.9. The quantitative estimate of drug-likeness (QED) is 0.524. The Hall–Kier alpha value is -2.45. The van der Waals surface area contributed by atoms with Gasteiger partial charge in [-0.05, 0) is 56.8 Å². The van der Waals surface area contributed by atoms with Crippen LogP contribution in [0.5, 0.6) is 0 Å². The summed E-state index contributed by atoms with van der Waals surface area (Å²) >= 11 is 5.14. The van der Waals surface area contributed by atoms with Gasteiger partial charge in [-0.15, -0.1) is 0 Å². The van der Waals surface area contributed by atoms with Crippen LogP contribution < -0.4 is 16.2 Å². The Morgan fingerprint density at radius 2 is 1.59 bits per heavy atom. The van der Waals surface area contributed by atoms with Gasteiger partial charge in [-0.2, -0.15) is 0 Å². The molecule has 1 amide bonds. The van der Waals surface area contributed by atoms with Crippen molar-refractivity contribution in [3.63, 3.8) is 0 Å². The minimum atomic E-state index is -3.51. The first-order valence-electron chi connectivity index (χ1n) is 8.40. The summed E-state index contributed by atoms with van der Waals surface area (Å²) in [5.41, 5.74) is 8.95. The Morgan fingerprint density at radius 1 is 0.963 bits per heavy atom. The van der Waals surface area contributed by atoms with Crippen LogP contribution in [0.3, 0.4) is 0 Å². The highest BCUT2D eigenvalue weighted by Gasteiger charge is 2.16. The number of carbonyl (C=O) groups is 1. The van der Waals surface area contributed by atoms with Gasteiger partial charge in [0.1, 0.15) is 0 Å².